The Morgan fingerprint density at radius 2 is 1.44 bits per heavy atom. The van der Waals surface area contributed by atoms with Crippen LogP contribution < -0.4 is 0 Å². The molecule has 1 rings (SSSR count). The molecule has 1 saturated heterocycles. The molecule has 0 unspecified atom stereocenters. The lowest BCUT2D eigenvalue weighted by Crippen LogP contribution is -2.58. The molecule has 1 aliphatic rings. The van der Waals surface area contributed by atoms with Gasteiger partial charge < -0.3 is 18.9 Å². The van der Waals surface area contributed by atoms with Crippen LogP contribution in [0.2, 0.25) is 0 Å². The lowest BCUT2D eigenvalue weighted by atomic mass is 9.96. The maximum absolute atomic E-state index is 5.85. The van der Waals surface area contributed by atoms with Crippen LogP contribution in [0, 0.1) is 0 Å². The van der Waals surface area contributed by atoms with E-state index in [9.17, 15) is 0 Å². The van der Waals surface area contributed by atoms with Gasteiger partial charge in [0.25, 0.3) is 0 Å². The van der Waals surface area contributed by atoms with Gasteiger partial charge in [0.1, 0.15) is 18.3 Å². The van der Waals surface area contributed by atoms with Gasteiger partial charge in [-0.2, -0.15) is 0 Å². The summed E-state index contributed by atoms with van der Waals surface area (Å²) in [6.45, 7) is 6.84. The second kappa shape index (κ2) is 6.55. The topological polar surface area (TPSA) is 36.9 Å². The van der Waals surface area contributed by atoms with Gasteiger partial charge in [-0.3, -0.25) is 0 Å². The van der Waals surface area contributed by atoms with Crippen molar-refractivity contribution in [1.29, 1.82) is 0 Å². The van der Waals surface area contributed by atoms with Crippen molar-refractivity contribution in [2.75, 3.05) is 20.8 Å². The van der Waals surface area contributed by atoms with Crippen LogP contribution in [-0.2, 0) is 18.9 Å². The molecule has 16 heavy (non-hydrogen) atoms. The molecule has 4 nitrogen and oxygen atoms in total. The summed E-state index contributed by atoms with van der Waals surface area (Å²) in [5.41, 5.74) is 0. The minimum absolute atomic E-state index is 0.0354. The van der Waals surface area contributed by atoms with Crippen LogP contribution in [0.25, 0.3) is 0 Å². The van der Waals surface area contributed by atoms with E-state index in [1.807, 2.05) is 13.8 Å². The Hall–Kier alpha value is -0.160. The van der Waals surface area contributed by atoms with Gasteiger partial charge in [0.15, 0.2) is 0 Å². The van der Waals surface area contributed by atoms with Crippen molar-refractivity contribution in [3.05, 3.63) is 0 Å². The van der Waals surface area contributed by atoms with E-state index in [0.29, 0.717) is 0 Å². The zero-order valence-electron chi connectivity index (χ0n) is 10.9. The van der Waals surface area contributed by atoms with Crippen LogP contribution in [0.15, 0.2) is 0 Å². The predicted molar refractivity (Wildman–Crippen MR) is 61.6 cm³/mol. The lowest BCUT2D eigenvalue weighted by Gasteiger charge is -2.43. The zero-order chi connectivity index (χ0) is 12.1. The molecule has 0 aromatic carbocycles. The molecule has 1 heterocycles. The van der Waals surface area contributed by atoms with Crippen molar-refractivity contribution in [3.8, 4) is 0 Å². The van der Waals surface area contributed by atoms with E-state index in [-0.39, 0.29) is 30.5 Å². The summed E-state index contributed by atoms with van der Waals surface area (Å²) in [5, 5.41) is 0. The first-order chi connectivity index (χ1) is 7.65. The second-order valence-electron chi connectivity index (χ2n) is 4.28. The molecule has 0 aromatic heterocycles. The van der Waals surface area contributed by atoms with Gasteiger partial charge in [-0.25, -0.2) is 0 Å². The average molecular weight is 232 g/mol. The summed E-state index contributed by atoms with van der Waals surface area (Å²) < 4.78 is 22.6. The van der Waals surface area contributed by atoms with Crippen LogP contribution >= 0.6 is 0 Å². The Balaban J connectivity index is 2.72. The predicted octanol–water partition coefficient (Wildman–Crippen LogP) is 1.62. The molecule has 0 radical (unpaired) electrons. The standard InChI is InChI=1S/C12H24O4/c1-6-7-15-12-10(13-4)8(2)16-9(3)11(12)14-5/h8-12H,6-7H2,1-5H3/t8-,9-,10-,11-/m0/s1. The number of ether oxygens (including phenoxy) is 4. The fourth-order valence-corrected chi connectivity index (χ4v) is 2.31. The summed E-state index contributed by atoms with van der Waals surface area (Å²) >= 11 is 0. The number of hydrogen-bond donors (Lipinski definition) is 0. The maximum Gasteiger partial charge on any atom is 0.115 e. The summed E-state index contributed by atoms with van der Waals surface area (Å²) in [6, 6.07) is 0. The van der Waals surface area contributed by atoms with E-state index >= 15 is 0 Å². The Bertz CT molecular complexity index is 181. The number of hydrogen-bond acceptors (Lipinski definition) is 4. The summed E-state index contributed by atoms with van der Waals surface area (Å²) in [6.07, 6.45) is 0.892. The third-order valence-electron chi connectivity index (χ3n) is 3.06. The molecule has 0 saturated carbocycles. The van der Waals surface area contributed by atoms with Crippen molar-refractivity contribution < 1.29 is 18.9 Å². The molecule has 4 heteroatoms. The summed E-state index contributed by atoms with van der Waals surface area (Å²) in [4.78, 5) is 0. The largest absolute Gasteiger partial charge is 0.376 e. The van der Waals surface area contributed by atoms with E-state index in [1.165, 1.54) is 0 Å². The van der Waals surface area contributed by atoms with Crippen LogP contribution in [-0.4, -0.2) is 51.3 Å². The average Bonchev–Trinajstić information content (AvgIpc) is 2.26. The van der Waals surface area contributed by atoms with E-state index in [1.54, 1.807) is 14.2 Å². The van der Waals surface area contributed by atoms with E-state index < -0.39 is 0 Å². The fourth-order valence-electron chi connectivity index (χ4n) is 2.31. The Morgan fingerprint density at radius 3 is 1.81 bits per heavy atom. The first kappa shape index (κ1) is 13.9. The SMILES string of the molecule is CCCOC1[C@@H](OC)[C@H](C)O[C@@H](C)[C@@H]1OC. The molecule has 0 amide bonds. The molecule has 96 valence electrons. The molecule has 1 aliphatic heterocycles. The number of methoxy groups -OCH3 is 2. The van der Waals surface area contributed by atoms with Gasteiger partial charge in [-0.15, -0.1) is 0 Å². The molecule has 1 fully saturated rings. The van der Waals surface area contributed by atoms with Crippen LogP contribution in [0.3, 0.4) is 0 Å². The van der Waals surface area contributed by atoms with Crippen LogP contribution in [0.5, 0.6) is 0 Å². The monoisotopic (exact) mass is 232 g/mol. The molecule has 4 atom stereocenters. The zero-order valence-corrected chi connectivity index (χ0v) is 10.9. The van der Waals surface area contributed by atoms with Crippen LogP contribution in [0.4, 0.5) is 0 Å². The first-order valence-electron chi connectivity index (χ1n) is 5.98. The van der Waals surface area contributed by atoms with Crippen molar-refractivity contribution in [3.63, 3.8) is 0 Å². The van der Waals surface area contributed by atoms with Gasteiger partial charge in [-0.1, -0.05) is 6.92 Å². The second-order valence-corrected chi connectivity index (χ2v) is 4.28. The molecule has 0 spiro atoms. The Morgan fingerprint density at radius 1 is 0.938 bits per heavy atom. The van der Waals surface area contributed by atoms with Gasteiger partial charge in [-0.05, 0) is 20.3 Å². The maximum atomic E-state index is 5.85. The molecular weight excluding hydrogens is 208 g/mol. The summed E-state index contributed by atoms with van der Waals surface area (Å²) in [5.74, 6) is 0. The van der Waals surface area contributed by atoms with Crippen molar-refractivity contribution in [2.24, 2.45) is 0 Å². The van der Waals surface area contributed by atoms with Gasteiger partial charge in [0, 0.05) is 20.8 Å². The highest BCUT2D eigenvalue weighted by atomic mass is 16.6. The summed E-state index contributed by atoms with van der Waals surface area (Å²) in [7, 11) is 3.38. The molecule has 0 N–H and O–H groups in total. The highest BCUT2D eigenvalue weighted by Crippen LogP contribution is 2.26. The highest BCUT2D eigenvalue weighted by molar-refractivity contribution is 4.92. The van der Waals surface area contributed by atoms with Crippen molar-refractivity contribution in [2.45, 2.75) is 57.7 Å². The van der Waals surface area contributed by atoms with Crippen molar-refractivity contribution >= 4 is 0 Å². The first-order valence-corrected chi connectivity index (χ1v) is 5.98. The molecular formula is C12H24O4. The third-order valence-corrected chi connectivity index (χ3v) is 3.06. The molecule has 0 bridgehead atoms. The van der Waals surface area contributed by atoms with E-state index in [0.717, 1.165) is 13.0 Å². The van der Waals surface area contributed by atoms with E-state index in [2.05, 4.69) is 6.92 Å². The quantitative estimate of drug-likeness (QED) is 0.722. The smallest absolute Gasteiger partial charge is 0.115 e. The van der Waals surface area contributed by atoms with Gasteiger partial charge >= 0.3 is 0 Å². The Labute approximate surface area is 98.2 Å². The highest BCUT2D eigenvalue weighted by Gasteiger charge is 2.43. The molecule has 0 aliphatic carbocycles. The normalized spacial score (nSPS) is 39.9. The van der Waals surface area contributed by atoms with E-state index in [4.69, 9.17) is 18.9 Å². The lowest BCUT2D eigenvalue weighted by molar-refractivity contribution is -0.239. The Kier molecular flexibility index (Phi) is 5.69. The third kappa shape index (κ3) is 2.94. The van der Waals surface area contributed by atoms with Crippen LogP contribution in [0.1, 0.15) is 27.2 Å². The van der Waals surface area contributed by atoms with Gasteiger partial charge in [0.05, 0.1) is 12.2 Å². The molecule has 0 aromatic rings. The fraction of sp³-hybridized carbons (Fsp3) is 1.00. The van der Waals surface area contributed by atoms with Crippen molar-refractivity contribution in [1.82, 2.24) is 0 Å². The minimum Gasteiger partial charge on any atom is -0.376 e. The van der Waals surface area contributed by atoms with Gasteiger partial charge in [0.2, 0.25) is 0 Å². The number of rotatable bonds is 5. The minimum atomic E-state index is -0.0623.